The van der Waals surface area contributed by atoms with Gasteiger partial charge in [-0.05, 0) is 26.7 Å². The van der Waals surface area contributed by atoms with E-state index in [0.29, 0.717) is 5.13 Å². The Balaban J connectivity index is 1.66. The Morgan fingerprint density at radius 1 is 1.43 bits per heavy atom. The van der Waals surface area contributed by atoms with Crippen molar-refractivity contribution in [1.29, 1.82) is 0 Å². The van der Waals surface area contributed by atoms with Gasteiger partial charge in [0.2, 0.25) is 11.0 Å². The van der Waals surface area contributed by atoms with Gasteiger partial charge in [0, 0.05) is 6.61 Å². The maximum absolute atomic E-state index is 12.3. The van der Waals surface area contributed by atoms with Gasteiger partial charge < -0.3 is 14.8 Å². The third-order valence-electron chi connectivity index (χ3n) is 3.78. The molecule has 1 amide bonds. The standard InChI is InChI=1S/C13H17N3O4S/c1-13(2)7(6-9(17)20-13)10(18)14-12-16-15-11(21-12)8-4-3-5-19-8/h7-8H,3-6H2,1-2H3,(H,14,16,18). The molecule has 3 rings (SSSR count). The lowest BCUT2D eigenvalue weighted by Gasteiger charge is -2.23. The second-order valence-electron chi connectivity index (χ2n) is 5.77. The molecular formula is C13H17N3O4S. The van der Waals surface area contributed by atoms with Crippen molar-refractivity contribution < 1.29 is 19.1 Å². The Labute approximate surface area is 126 Å². The smallest absolute Gasteiger partial charge is 0.307 e. The Hall–Kier alpha value is -1.54. The van der Waals surface area contributed by atoms with Crippen molar-refractivity contribution in [1.82, 2.24) is 10.2 Å². The summed E-state index contributed by atoms with van der Waals surface area (Å²) < 4.78 is 10.7. The molecule has 2 saturated heterocycles. The maximum Gasteiger partial charge on any atom is 0.307 e. The van der Waals surface area contributed by atoms with Crippen LogP contribution < -0.4 is 5.32 Å². The van der Waals surface area contributed by atoms with Crippen molar-refractivity contribution in [3.8, 4) is 0 Å². The number of amides is 1. The van der Waals surface area contributed by atoms with Crippen LogP contribution in [-0.4, -0.2) is 34.3 Å². The largest absolute Gasteiger partial charge is 0.459 e. The number of hydrogen-bond acceptors (Lipinski definition) is 7. The van der Waals surface area contributed by atoms with E-state index < -0.39 is 11.5 Å². The number of aromatic nitrogens is 2. The zero-order valence-corrected chi connectivity index (χ0v) is 12.7. The average molecular weight is 311 g/mol. The first-order chi connectivity index (χ1) is 9.95. The van der Waals surface area contributed by atoms with E-state index in [9.17, 15) is 9.59 Å². The number of anilines is 1. The van der Waals surface area contributed by atoms with Crippen LogP contribution in [0.3, 0.4) is 0 Å². The molecule has 114 valence electrons. The number of nitrogens with zero attached hydrogens (tertiary/aromatic N) is 2. The van der Waals surface area contributed by atoms with E-state index in [1.165, 1.54) is 11.3 Å². The molecular weight excluding hydrogens is 294 g/mol. The van der Waals surface area contributed by atoms with E-state index in [0.717, 1.165) is 24.5 Å². The van der Waals surface area contributed by atoms with E-state index >= 15 is 0 Å². The molecule has 2 fully saturated rings. The first kappa shape index (κ1) is 14.4. The topological polar surface area (TPSA) is 90.4 Å². The molecule has 0 spiro atoms. The second kappa shape index (κ2) is 5.34. The molecule has 0 aliphatic carbocycles. The van der Waals surface area contributed by atoms with E-state index in [4.69, 9.17) is 9.47 Å². The summed E-state index contributed by atoms with van der Waals surface area (Å²) in [5.41, 5.74) is -0.788. The SMILES string of the molecule is CC1(C)OC(=O)CC1C(=O)Nc1nnc(C2CCCO2)s1. The number of carbonyl (C=O) groups excluding carboxylic acids is 2. The zero-order valence-electron chi connectivity index (χ0n) is 11.9. The highest BCUT2D eigenvalue weighted by atomic mass is 32.1. The van der Waals surface area contributed by atoms with Gasteiger partial charge in [-0.25, -0.2) is 0 Å². The third kappa shape index (κ3) is 2.91. The highest BCUT2D eigenvalue weighted by molar-refractivity contribution is 7.15. The second-order valence-corrected chi connectivity index (χ2v) is 6.78. The molecule has 0 bridgehead atoms. The summed E-state index contributed by atoms with van der Waals surface area (Å²) in [6, 6.07) is 0. The molecule has 0 radical (unpaired) electrons. The number of cyclic esters (lactones) is 1. The van der Waals surface area contributed by atoms with Crippen molar-refractivity contribution in [3.63, 3.8) is 0 Å². The molecule has 8 heteroatoms. The Kier molecular flexibility index (Phi) is 3.66. The predicted octanol–water partition coefficient (Wildman–Crippen LogP) is 1.67. The fourth-order valence-corrected chi connectivity index (χ4v) is 3.44. The van der Waals surface area contributed by atoms with Gasteiger partial charge in [0.05, 0.1) is 12.3 Å². The van der Waals surface area contributed by atoms with Crippen LogP contribution in [0.2, 0.25) is 0 Å². The molecule has 2 atom stereocenters. The Bertz CT molecular complexity index is 566. The average Bonchev–Trinajstić information content (AvgIpc) is 3.08. The van der Waals surface area contributed by atoms with Crippen LogP contribution >= 0.6 is 11.3 Å². The summed E-state index contributed by atoms with van der Waals surface area (Å²) in [5, 5.41) is 12.0. The number of esters is 1. The molecule has 0 saturated carbocycles. The summed E-state index contributed by atoms with van der Waals surface area (Å²) in [7, 11) is 0. The van der Waals surface area contributed by atoms with Crippen LogP contribution in [0.25, 0.3) is 0 Å². The highest BCUT2D eigenvalue weighted by Crippen LogP contribution is 2.35. The number of nitrogens with one attached hydrogen (secondary N) is 1. The van der Waals surface area contributed by atoms with E-state index in [1.807, 2.05) is 0 Å². The first-order valence-electron chi connectivity index (χ1n) is 6.93. The molecule has 7 nitrogen and oxygen atoms in total. The van der Waals surface area contributed by atoms with E-state index in [1.54, 1.807) is 13.8 Å². The van der Waals surface area contributed by atoms with Gasteiger partial charge in [0.15, 0.2) is 0 Å². The minimum Gasteiger partial charge on any atom is -0.459 e. The molecule has 0 aromatic carbocycles. The van der Waals surface area contributed by atoms with Crippen LogP contribution in [0.5, 0.6) is 0 Å². The first-order valence-corrected chi connectivity index (χ1v) is 7.75. The van der Waals surface area contributed by atoms with Crippen molar-refractivity contribution in [2.75, 3.05) is 11.9 Å². The molecule has 21 heavy (non-hydrogen) atoms. The minimum atomic E-state index is -0.788. The molecule has 3 heterocycles. The van der Waals surface area contributed by atoms with Gasteiger partial charge in [-0.1, -0.05) is 11.3 Å². The van der Waals surface area contributed by atoms with Crippen LogP contribution in [0.4, 0.5) is 5.13 Å². The molecule has 2 aliphatic heterocycles. The molecule has 1 aromatic heterocycles. The van der Waals surface area contributed by atoms with Crippen LogP contribution in [0, 0.1) is 5.92 Å². The van der Waals surface area contributed by atoms with Crippen molar-refractivity contribution >= 4 is 28.3 Å². The fraction of sp³-hybridized carbons (Fsp3) is 0.692. The lowest BCUT2D eigenvalue weighted by Crippen LogP contribution is -2.36. The van der Waals surface area contributed by atoms with Crippen LogP contribution in [0.1, 0.15) is 44.2 Å². The summed E-state index contributed by atoms with van der Waals surface area (Å²) >= 11 is 1.31. The minimum absolute atomic E-state index is 0.0130. The normalized spacial score (nSPS) is 27.6. The van der Waals surface area contributed by atoms with E-state index in [2.05, 4.69) is 15.5 Å². The zero-order chi connectivity index (χ0) is 15.0. The maximum atomic E-state index is 12.3. The van der Waals surface area contributed by atoms with Crippen molar-refractivity contribution in [3.05, 3.63) is 5.01 Å². The number of hydrogen-bond donors (Lipinski definition) is 1. The fourth-order valence-electron chi connectivity index (χ4n) is 2.61. The lowest BCUT2D eigenvalue weighted by molar-refractivity contribution is -0.147. The summed E-state index contributed by atoms with van der Waals surface area (Å²) in [4.78, 5) is 23.6. The summed E-state index contributed by atoms with van der Waals surface area (Å²) in [6.07, 6.45) is 2.03. The summed E-state index contributed by atoms with van der Waals surface area (Å²) in [6.45, 7) is 4.21. The Morgan fingerprint density at radius 2 is 2.24 bits per heavy atom. The van der Waals surface area contributed by atoms with Gasteiger partial charge in [0.25, 0.3) is 0 Å². The van der Waals surface area contributed by atoms with Gasteiger partial charge in [-0.3, -0.25) is 9.59 Å². The Morgan fingerprint density at radius 3 is 2.86 bits per heavy atom. The third-order valence-corrected chi connectivity index (χ3v) is 4.71. The quantitative estimate of drug-likeness (QED) is 0.854. The van der Waals surface area contributed by atoms with Crippen LogP contribution in [-0.2, 0) is 19.1 Å². The molecule has 2 unspecified atom stereocenters. The molecule has 2 aliphatic rings. The number of carbonyl (C=O) groups is 2. The number of rotatable bonds is 3. The summed E-state index contributed by atoms with van der Waals surface area (Å²) in [5.74, 6) is -1.13. The van der Waals surface area contributed by atoms with Crippen molar-refractivity contribution in [2.45, 2.75) is 44.8 Å². The van der Waals surface area contributed by atoms with Crippen molar-refractivity contribution in [2.24, 2.45) is 5.92 Å². The highest BCUT2D eigenvalue weighted by Gasteiger charge is 2.46. The molecule has 1 N–H and O–H groups in total. The monoisotopic (exact) mass is 311 g/mol. The van der Waals surface area contributed by atoms with Gasteiger partial charge in [-0.15, -0.1) is 10.2 Å². The van der Waals surface area contributed by atoms with Gasteiger partial charge >= 0.3 is 5.97 Å². The van der Waals surface area contributed by atoms with Gasteiger partial charge in [0.1, 0.15) is 16.7 Å². The lowest BCUT2D eigenvalue weighted by atomic mass is 9.90. The predicted molar refractivity (Wildman–Crippen MR) is 74.7 cm³/mol. The van der Waals surface area contributed by atoms with Gasteiger partial charge in [-0.2, -0.15) is 0 Å². The number of ether oxygens (including phenoxy) is 2. The molecule has 1 aromatic rings. The van der Waals surface area contributed by atoms with Crippen LogP contribution in [0.15, 0.2) is 0 Å². The van der Waals surface area contributed by atoms with E-state index in [-0.39, 0.29) is 24.4 Å².